The number of hydrogen-bond donors (Lipinski definition) is 1. The van der Waals surface area contributed by atoms with E-state index in [0.717, 1.165) is 12.1 Å². The fourth-order valence-corrected chi connectivity index (χ4v) is 3.22. The molecule has 0 saturated heterocycles. The molecule has 8 nitrogen and oxygen atoms in total. The Hall–Kier alpha value is -3.94. The van der Waals surface area contributed by atoms with Crippen molar-refractivity contribution in [1.82, 2.24) is 4.98 Å². The Balaban J connectivity index is 2.55. The van der Waals surface area contributed by atoms with Gasteiger partial charge in [0.2, 0.25) is 5.56 Å². The Labute approximate surface area is 165 Å². The smallest absolute Gasteiger partial charge is 0.338 e. The second kappa shape index (κ2) is 7.97. The van der Waals surface area contributed by atoms with Crippen molar-refractivity contribution >= 4 is 34.4 Å². The Kier molecular flexibility index (Phi) is 5.45. The molecule has 1 heterocycles. The van der Waals surface area contributed by atoms with E-state index in [4.69, 9.17) is 9.47 Å². The summed E-state index contributed by atoms with van der Waals surface area (Å²) in [6.07, 6.45) is 0.982. The summed E-state index contributed by atoms with van der Waals surface area (Å²) in [5.41, 5.74) is 0.903. The van der Waals surface area contributed by atoms with Gasteiger partial charge in [-0.25, -0.2) is 14.4 Å². The minimum atomic E-state index is -0.806. The molecule has 8 heteroatoms. The van der Waals surface area contributed by atoms with E-state index in [2.05, 4.69) is 9.72 Å². The first-order valence-corrected chi connectivity index (χ1v) is 8.47. The molecule has 0 fully saturated rings. The number of methoxy groups -OCH3 is 3. The van der Waals surface area contributed by atoms with Gasteiger partial charge in [-0.2, -0.15) is 0 Å². The molecule has 1 aromatic heterocycles. The Morgan fingerprint density at radius 3 is 2.24 bits per heavy atom. The third kappa shape index (κ3) is 3.47. The quantitative estimate of drug-likeness (QED) is 0.409. The summed E-state index contributed by atoms with van der Waals surface area (Å²) in [5, 5.41) is 0.386. The average molecular weight is 395 g/mol. The Morgan fingerprint density at radius 2 is 1.62 bits per heavy atom. The number of nitrogens with one attached hydrogen (secondary N) is 1. The molecule has 1 aromatic rings. The molecule has 0 bridgehead atoms. The van der Waals surface area contributed by atoms with Crippen molar-refractivity contribution in [3.05, 3.63) is 64.0 Å². The molecule has 148 valence electrons. The van der Waals surface area contributed by atoms with E-state index in [0.29, 0.717) is 16.5 Å². The maximum atomic E-state index is 12.5. The Bertz CT molecular complexity index is 1190. The highest BCUT2D eigenvalue weighted by Gasteiger charge is 2.29. The molecule has 0 aliphatic heterocycles. The standard InChI is InChI=1S/C21H17NO7/c1-27-16(24)10-14(21(26)29-3)18-12-8-6-4-5-7-11(12)17-13(20(25)28-2)9-15(23)22-19(17)18/h4-10H,1-3H3,(H,22,23)/b14-10+. The van der Waals surface area contributed by atoms with Crippen molar-refractivity contribution in [1.29, 1.82) is 0 Å². The lowest BCUT2D eigenvalue weighted by Gasteiger charge is -2.07. The van der Waals surface area contributed by atoms with Crippen LogP contribution in [0.25, 0.3) is 27.6 Å². The molecule has 29 heavy (non-hydrogen) atoms. The zero-order chi connectivity index (χ0) is 21.1. The maximum Gasteiger partial charge on any atom is 0.338 e. The summed E-state index contributed by atoms with van der Waals surface area (Å²) >= 11 is 0. The van der Waals surface area contributed by atoms with Crippen LogP contribution in [0.2, 0.25) is 0 Å². The number of hydrogen-bond acceptors (Lipinski definition) is 7. The zero-order valence-electron chi connectivity index (χ0n) is 15.9. The largest absolute Gasteiger partial charge is 0.466 e. The fraction of sp³-hybridized carbons (Fsp3) is 0.143. The van der Waals surface area contributed by atoms with Crippen LogP contribution in [0, 0.1) is 0 Å². The second-order valence-corrected chi connectivity index (χ2v) is 5.97. The fourth-order valence-electron chi connectivity index (χ4n) is 3.22. The van der Waals surface area contributed by atoms with Crippen molar-refractivity contribution in [2.75, 3.05) is 21.3 Å². The molecule has 2 aliphatic rings. The highest BCUT2D eigenvalue weighted by Crippen LogP contribution is 2.42. The van der Waals surface area contributed by atoms with E-state index in [1.165, 1.54) is 21.3 Å². The molecular formula is C21H17NO7. The van der Waals surface area contributed by atoms with Crippen LogP contribution in [-0.2, 0) is 23.8 Å². The summed E-state index contributed by atoms with van der Waals surface area (Å²) in [4.78, 5) is 51.7. The molecule has 3 rings (SSSR count). The predicted molar refractivity (Wildman–Crippen MR) is 105 cm³/mol. The highest BCUT2D eigenvalue weighted by atomic mass is 16.5. The highest BCUT2D eigenvalue weighted by molar-refractivity contribution is 6.28. The van der Waals surface area contributed by atoms with E-state index >= 15 is 0 Å². The van der Waals surface area contributed by atoms with E-state index in [-0.39, 0.29) is 22.2 Å². The van der Waals surface area contributed by atoms with E-state index in [1.54, 1.807) is 30.3 Å². The molecule has 0 atom stereocenters. The number of aromatic amines is 1. The van der Waals surface area contributed by atoms with Crippen molar-refractivity contribution in [2.45, 2.75) is 0 Å². The number of H-pyrrole nitrogens is 1. The molecule has 0 amide bonds. The SMILES string of the molecule is COC(=O)/C=C(/C(=O)OC)c1c2cccccc-2c2c(C(=O)OC)cc(=O)[nH]c12. The number of rotatable bonds is 4. The summed E-state index contributed by atoms with van der Waals surface area (Å²) in [7, 11) is 3.55. The minimum absolute atomic E-state index is 0.0379. The summed E-state index contributed by atoms with van der Waals surface area (Å²) in [6, 6.07) is 9.82. The van der Waals surface area contributed by atoms with Gasteiger partial charge in [-0.15, -0.1) is 0 Å². The van der Waals surface area contributed by atoms with Gasteiger partial charge in [0.25, 0.3) is 0 Å². The summed E-state index contributed by atoms with van der Waals surface area (Å²) < 4.78 is 14.3. The van der Waals surface area contributed by atoms with Crippen molar-refractivity contribution in [2.24, 2.45) is 0 Å². The normalized spacial score (nSPS) is 11.3. The van der Waals surface area contributed by atoms with Gasteiger partial charge in [0, 0.05) is 23.1 Å². The second-order valence-electron chi connectivity index (χ2n) is 5.97. The number of ether oxygens (including phenoxy) is 3. The number of carbonyl (C=O) groups excluding carboxylic acids is 3. The van der Waals surface area contributed by atoms with Gasteiger partial charge >= 0.3 is 17.9 Å². The number of aromatic nitrogens is 1. The van der Waals surface area contributed by atoms with E-state index in [9.17, 15) is 19.2 Å². The van der Waals surface area contributed by atoms with Gasteiger partial charge in [0.15, 0.2) is 0 Å². The van der Waals surface area contributed by atoms with Gasteiger partial charge < -0.3 is 19.2 Å². The van der Waals surface area contributed by atoms with E-state index in [1.807, 2.05) is 0 Å². The van der Waals surface area contributed by atoms with Crippen LogP contribution in [0.4, 0.5) is 0 Å². The van der Waals surface area contributed by atoms with Crippen molar-refractivity contribution in [3.63, 3.8) is 0 Å². The number of esters is 3. The van der Waals surface area contributed by atoms with Crippen LogP contribution in [-0.4, -0.2) is 44.2 Å². The maximum absolute atomic E-state index is 12.5. The van der Waals surface area contributed by atoms with Crippen molar-refractivity contribution < 1.29 is 28.6 Å². The molecule has 0 radical (unpaired) electrons. The lowest BCUT2D eigenvalue weighted by atomic mass is 10.0. The average Bonchev–Trinajstić information content (AvgIpc) is 2.86. The molecular weight excluding hydrogens is 378 g/mol. The molecule has 2 aliphatic carbocycles. The van der Waals surface area contributed by atoms with E-state index < -0.39 is 23.5 Å². The van der Waals surface area contributed by atoms with Crippen molar-refractivity contribution in [3.8, 4) is 11.1 Å². The Morgan fingerprint density at radius 1 is 0.931 bits per heavy atom. The summed E-state index contributed by atoms with van der Waals surface area (Å²) in [5.74, 6) is -2.29. The third-order valence-corrected chi connectivity index (χ3v) is 4.41. The first-order chi connectivity index (χ1) is 13.9. The van der Waals surface area contributed by atoms with Crippen LogP contribution < -0.4 is 5.56 Å². The first-order valence-electron chi connectivity index (χ1n) is 8.47. The topological polar surface area (TPSA) is 112 Å². The number of fused-ring (bicyclic) bond motifs is 3. The lowest BCUT2D eigenvalue weighted by molar-refractivity contribution is -0.136. The molecule has 0 aromatic carbocycles. The van der Waals surface area contributed by atoms with Crippen LogP contribution in [0.1, 0.15) is 15.9 Å². The monoisotopic (exact) mass is 395 g/mol. The lowest BCUT2D eigenvalue weighted by Crippen LogP contribution is -2.12. The summed E-state index contributed by atoms with van der Waals surface area (Å²) in [6.45, 7) is 0. The van der Waals surface area contributed by atoms with Crippen LogP contribution in [0.15, 0.2) is 47.3 Å². The van der Waals surface area contributed by atoms with Gasteiger partial charge in [-0.1, -0.05) is 30.3 Å². The van der Waals surface area contributed by atoms with Gasteiger partial charge in [-0.3, -0.25) is 4.79 Å². The zero-order valence-corrected chi connectivity index (χ0v) is 15.9. The van der Waals surface area contributed by atoms with Gasteiger partial charge in [-0.05, 0) is 11.1 Å². The molecule has 1 N–H and O–H groups in total. The molecule has 0 unspecified atom stereocenters. The third-order valence-electron chi connectivity index (χ3n) is 4.41. The van der Waals surface area contributed by atoms with Crippen LogP contribution in [0.3, 0.4) is 0 Å². The molecule has 0 saturated carbocycles. The number of pyridine rings is 1. The molecule has 0 spiro atoms. The van der Waals surface area contributed by atoms with Gasteiger partial charge in [0.05, 0.1) is 38.0 Å². The predicted octanol–water partition coefficient (Wildman–Crippen LogP) is 2.15. The minimum Gasteiger partial charge on any atom is -0.466 e. The van der Waals surface area contributed by atoms with Crippen LogP contribution in [0.5, 0.6) is 0 Å². The van der Waals surface area contributed by atoms with Gasteiger partial charge in [0.1, 0.15) is 0 Å². The number of carbonyl (C=O) groups is 3. The first kappa shape index (κ1) is 19.8. The van der Waals surface area contributed by atoms with Crippen LogP contribution >= 0.6 is 0 Å².